The summed E-state index contributed by atoms with van der Waals surface area (Å²) in [5, 5.41) is 3.20. The SMILES string of the molecule is C[Si](C)([SiH2]c1ccccc1)c1ccccc1. The van der Waals surface area contributed by atoms with Gasteiger partial charge in [-0.2, -0.15) is 0 Å². The highest BCUT2D eigenvalue weighted by Crippen LogP contribution is 2.01. The van der Waals surface area contributed by atoms with E-state index in [1.807, 2.05) is 0 Å². The maximum Gasteiger partial charge on any atom is 0.0722 e. The summed E-state index contributed by atoms with van der Waals surface area (Å²) < 4.78 is 0. The van der Waals surface area contributed by atoms with E-state index in [4.69, 9.17) is 0 Å². The maximum absolute atomic E-state index is 2.50. The summed E-state index contributed by atoms with van der Waals surface area (Å²) in [5.41, 5.74) is 0. The lowest BCUT2D eigenvalue weighted by Crippen LogP contribution is -2.52. The molecule has 0 atom stereocenters. The maximum atomic E-state index is 2.50. The summed E-state index contributed by atoms with van der Waals surface area (Å²) >= 11 is 0. The largest absolute Gasteiger partial charge is 0.0722 e. The standard InChI is InChI=1S/C14H18Si2/c1-16(2,14-11-7-4-8-12-14)15-13-9-5-3-6-10-13/h3-12H,15H2,1-2H3. The van der Waals surface area contributed by atoms with Crippen LogP contribution < -0.4 is 10.4 Å². The van der Waals surface area contributed by atoms with Crippen molar-refractivity contribution in [2.75, 3.05) is 0 Å². The first-order chi connectivity index (χ1) is 7.68. The van der Waals surface area contributed by atoms with Crippen LogP contribution in [0.4, 0.5) is 0 Å². The molecule has 0 saturated heterocycles. The molecule has 0 bridgehead atoms. The van der Waals surface area contributed by atoms with Crippen molar-refractivity contribution in [1.82, 2.24) is 0 Å². The molecular formula is C14H18Si2. The first-order valence-corrected chi connectivity index (χ1v) is 11.8. The van der Waals surface area contributed by atoms with Gasteiger partial charge in [-0.1, -0.05) is 84.1 Å². The van der Waals surface area contributed by atoms with E-state index in [0.717, 1.165) is 0 Å². The fourth-order valence-corrected chi connectivity index (χ4v) is 10.0. The minimum atomic E-state index is -1.18. The van der Waals surface area contributed by atoms with Crippen LogP contribution in [0.25, 0.3) is 0 Å². The van der Waals surface area contributed by atoms with Crippen LogP contribution in [0.1, 0.15) is 0 Å². The van der Waals surface area contributed by atoms with Crippen LogP contribution in [0.15, 0.2) is 60.7 Å². The van der Waals surface area contributed by atoms with Crippen molar-refractivity contribution in [2.45, 2.75) is 13.1 Å². The van der Waals surface area contributed by atoms with Crippen LogP contribution in [0, 0.1) is 0 Å². The van der Waals surface area contributed by atoms with Crippen molar-refractivity contribution < 1.29 is 0 Å². The number of hydrogen-bond donors (Lipinski definition) is 0. The second kappa shape index (κ2) is 4.81. The molecule has 82 valence electrons. The van der Waals surface area contributed by atoms with Crippen molar-refractivity contribution in [3.8, 4) is 0 Å². The van der Waals surface area contributed by atoms with E-state index in [2.05, 4.69) is 73.8 Å². The molecule has 0 radical (unpaired) electrons. The van der Waals surface area contributed by atoms with Crippen LogP contribution in [-0.2, 0) is 0 Å². The molecule has 2 heteroatoms. The molecule has 0 aliphatic rings. The first-order valence-electron chi connectivity index (χ1n) is 5.78. The molecule has 2 aromatic rings. The monoisotopic (exact) mass is 242 g/mol. The predicted molar refractivity (Wildman–Crippen MR) is 78.2 cm³/mol. The smallest absolute Gasteiger partial charge is 0.0691 e. The third kappa shape index (κ3) is 2.71. The molecule has 2 rings (SSSR count). The zero-order valence-electron chi connectivity index (χ0n) is 9.98. The lowest BCUT2D eigenvalue weighted by Gasteiger charge is -2.22. The minimum Gasteiger partial charge on any atom is -0.0691 e. The van der Waals surface area contributed by atoms with E-state index in [-0.39, 0.29) is 9.04 Å². The summed E-state index contributed by atoms with van der Waals surface area (Å²) in [6.45, 7) is 5.00. The fourth-order valence-electron chi connectivity index (χ4n) is 2.10. The lowest BCUT2D eigenvalue weighted by atomic mass is 10.4. The minimum absolute atomic E-state index is 0.143. The van der Waals surface area contributed by atoms with Gasteiger partial charge in [-0.15, -0.1) is 0 Å². The Morgan fingerprint density at radius 3 is 1.81 bits per heavy atom. The third-order valence-electron chi connectivity index (χ3n) is 3.04. The van der Waals surface area contributed by atoms with E-state index in [1.165, 1.54) is 0 Å². The average Bonchev–Trinajstić information content (AvgIpc) is 2.31. The fraction of sp³-hybridized carbons (Fsp3) is 0.143. The Bertz CT molecular complexity index is 435. The molecule has 0 aromatic heterocycles. The van der Waals surface area contributed by atoms with Gasteiger partial charge in [-0.3, -0.25) is 0 Å². The van der Waals surface area contributed by atoms with Gasteiger partial charge < -0.3 is 0 Å². The van der Waals surface area contributed by atoms with Gasteiger partial charge in [0.1, 0.15) is 0 Å². The molecule has 16 heavy (non-hydrogen) atoms. The van der Waals surface area contributed by atoms with Gasteiger partial charge >= 0.3 is 0 Å². The second-order valence-electron chi connectivity index (χ2n) is 4.91. The molecule has 0 unspecified atom stereocenters. The van der Waals surface area contributed by atoms with Crippen LogP contribution in [0.5, 0.6) is 0 Å². The number of rotatable bonds is 3. The van der Waals surface area contributed by atoms with E-state index in [0.29, 0.717) is 0 Å². The lowest BCUT2D eigenvalue weighted by molar-refractivity contribution is 1.73. The molecule has 0 nitrogen and oxygen atoms in total. The number of hydrogen-bond acceptors (Lipinski definition) is 0. The Kier molecular flexibility index (Phi) is 3.41. The molecule has 2 aromatic carbocycles. The quantitative estimate of drug-likeness (QED) is 0.717. The van der Waals surface area contributed by atoms with E-state index < -0.39 is 7.59 Å². The molecular weight excluding hydrogens is 224 g/mol. The Balaban J connectivity index is 2.21. The molecule has 0 heterocycles. The van der Waals surface area contributed by atoms with E-state index in [1.54, 1.807) is 10.4 Å². The van der Waals surface area contributed by atoms with Crippen molar-refractivity contribution >= 4 is 27.0 Å². The highest BCUT2D eigenvalue weighted by Gasteiger charge is 2.23. The van der Waals surface area contributed by atoms with Crippen molar-refractivity contribution in [1.29, 1.82) is 0 Å². The summed E-state index contributed by atoms with van der Waals surface area (Å²) in [6.07, 6.45) is 0. The third-order valence-corrected chi connectivity index (χ3v) is 11.8. The molecule has 0 N–H and O–H groups in total. The Hall–Kier alpha value is -1.13. The molecule has 0 aliphatic carbocycles. The normalized spacial score (nSPS) is 12.1. The zero-order valence-corrected chi connectivity index (χ0v) is 12.4. The summed E-state index contributed by atoms with van der Waals surface area (Å²) in [4.78, 5) is 0. The summed E-state index contributed by atoms with van der Waals surface area (Å²) in [6, 6.07) is 22.1. The summed E-state index contributed by atoms with van der Waals surface area (Å²) in [5.74, 6) is 0. The van der Waals surface area contributed by atoms with Crippen LogP contribution in [0.3, 0.4) is 0 Å². The number of benzene rings is 2. The zero-order chi connectivity index (χ0) is 11.4. The van der Waals surface area contributed by atoms with Crippen molar-refractivity contribution in [3.63, 3.8) is 0 Å². The Labute approximate surface area is 101 Å². The van der Waals surface area contributed by atoms with E-state index >= 15 is 0 Å². The molecule has 0 fully saturated rings. The van der Waals surface area contributed by atoms with Gasteiger partial charge in [0.25, 0.3) is 0 Å². The van der Waals surface area contributed by atoms with Gasteiger partial charge in [0.2, 0.25) is 0 Å². The molecule has 0 spiro atoms. The topological polar surface area (TPSA) is 0 Å². The molecule has 0 amide bonds. The van der Waals surface area contributed by atoms with Crippen LogP contribution >= 0.6 is 0 Å². The van der Waals surface area contributed by atoms with Gasteiger partial charge in [-0.25, -0.2) is 0 Å². The van der Waals surface area contributed by atoms with Gasteiger partial charge in [0.05, 0.1) is 16.6 Å². The molecule has 0 saturated carbocycles. The van der Waals surface area contributed by atoms with Crippen molar-refractivity contribution in [2.24, 2.45) is 0 Å². The Morgan fingerprint density at radius 1 is 0.750 bits per heavy atom. The summed E-state index contributed by atoms with van der Waals surface area (Å²) in [7, 11) is -1.32. The van der Waals surface area contributed by atoms with Crippen LogP contribution in [-0.4, -0.2) is 16.6 Å². The van der Waals surface area contributed by atoms with E-state index in [9.17, 15) is 0 Å². The highest BCUT2D eigenvalue weighted by atomic mass is 29.2. The van der Waals surface area contributed by atoms with Crippen molar-refractivity contribution in [3.05, 3.63) is 60.7 Å². The highest BCUT2D eigenvalue weighted by molar-refractivity contribution is 7.33. The first kappa shape index (κ1) is 11.4. The molecule has 0 aliphatic heterocycles. The average molecular weight is 242 g/mol. The predicted octanol–water partition coefficient (Wildman–Crippen LogP) is 1.59. The Morgan fingerprint density at radius 2 is 1.25 bits per heavy atom. The second-order valence-corrected chi connectivity index (χ2v) is 16.8. The van der Waals surface area contributed by atoms with Gasteiger partial charge in [0, 0.05) is 0 Å². The van der Waals surface area contributed by atoms with Crippen LogP contribution in [0.2, 0.25) is 13.1 Å². The van der Waals surface area contributed by atoms with Gasteiger partial charge in [-0.05, 0) is 0 Å². The van der Waals surface area contributed by atoms with Gasteiger partial charge in [0.15, 0.2) is 0 Å².